The van der Waals surface area contributed by atoms with Crippen molar-refractivity contribution >= 4 is 5.91 Å². The van der Waals surface area contributed by atoms with Crippen LogP contribution >= 0.6 is 0 Å². The zero-order valence-electron chi connectivity index (χ0n) is 11.9. The van der Waals surface area contributed by atoms with Crippen LogP contribution in [-0.4, -0.2) is 35.9 Å². The Morgan fingerprint density at radius 1 is 1.42 bits per heavy atom. The predicted molar refractivity (Wildman–Crippen MR) is 70.2 cm³/mol. The molecule has 5 nitrogen and oxygen atoms in total. The van der Waals surface area contributed by atoms with E-state index >= 15 is 0 Å². The minimum atomic E-state index is -0.976. The van der Waals surface area contributed by atoms with Gasteiger partial charge < -0.3 is 19.6 Å². The topological polar surface area (TPSA) is 71.7 Å². The first-order chi connectivity index (χ1) is 8.85. The molecule has 2 unspecified atom stereocenters. The molecule has 2 heterocycles. The first-order valence-corrected chi connectivity index (χ1v) is 6.54. The van der Waals surface area contributed by atoms with Crippen LogP contribution in [0.1, 0.15) is 40.8 Å². The lowest BCUT2D eigenvalue weighted by Gasteiger charge is -2.26. The van der Waals surface area contributed by atoms with Crippen LogP contribution < -0.4 is 5.32 Å². The molecule has 106 valence electrons. The van der Waals surface area contributed by atoms with E-state index in [2.05, 4.69) is 5.32 Å². The quantitative estimate of drug-likeness (QED) is 0.870. The number of ether oxygens (including phenoxy) is 1. The molecule has 2 atom stereocenters. The number of aryl methyl sites for hydroxylation is 2. The summed E-state index contributed by atoms with van der Waals surface area (Å²) in [6, 6.07) is 0. The lowest BCUT2D eigenvalue weighted by Crippen LogP contribution is -2.47. The first-order valence-electron chi connectivity index (χ1n) is 6.54. The molecule has 1 aromatic rings. The van der Waals surface area contributed by atoms with Crippen LogP contribution in [0.3, 0.4) is 0 Å². The molecule has 0 aliphatic carbocycles. The van der Waals surface area contributed by atoms with Gasteiger partial charge >= 0.3 is 0 Å². The number of carbonyl (C=O) groups is 1. The standard InChI is InChI=1S/C14H21NO4/c1-8-9(2)19-10(3)12(8)13(16)15-7-14(17)5-6-18-11(14)4/h11,17H,5-7H2,1-4H3,(H,15,16). The summed E-state index contributed by atoms with van der Waals surface area (Å²) < 4.78 is 10.8. The third-order valence-electron chi connectivity index (χ3n) is 4.00. The van der Waals surface area contributed by atoms with Crippen molar-refractivity contribution in [2.24, 2.45) is 0 Å². The summed E-state index contributed by atoms with van der Waals surface area (Å²) in [5.41, 5.74) is 0.432. The molecular weight excluding hydrogens is 246 g/mol. The SMILES string of the molecule is Cc1oc(C)c(C(=O)NCC2(O)CCOC2C)c1C. The van der Waals surface area contributed by atoms with Gasteiger partial charge in [0.1, 0.15) is 17.1 Å². The average molecular weight is 267 g/mol. The van der Waals surface area contributed by atoms with Gasteiger partial charge in [0.05, 0.1) is 11.7 Å². The molecule has 1 aliphatic rings. The Morgan fingerprint density at radius 2 is 2.11 bits per heavy atom. The third kappa shape index (κ3) is 2.53. The fraction of sp³-hybridized carbons (Fsp3) is 0.643. The number of aliphatic hydroxyl groups is 1. The molecule has 1 aromatic heterocycles. The number of carbonyl (C=O) groups excluding carboxylic acids is 1. The van der Waals surface area contributed by atoms with Crippen LogP contribution in [0.15, 0.2) is 4.42 Å². The zero-order chi connectivity index (χ0) is 14.2. The summed E-state index contributed by atoms with van der Waals surface area (Å²) in [6.45, 7) is 7.99. The predicted octanol–water partition coefficient (Wildman–Crippen LogP) is 1.47. The van der Waals surface area contributed by atoms with Crippen molar-refractivity contribution in [2.75, 3.05) is 13.2 Å². The van der Waals surface area contributed by atoms with Gasteiger partial charge in [0, 0.05) is 25.1 Å². The molecule has 0 aromatic carbocycles. The van der Waals surface area contributed by atoms with Gasteiger partial charge in [-0.3, -0.25) is 4.79 Å². The summed E-state index contributed by atoms with van der Waals surface area (Å²) in [5.74, 6) is 1.15. The number of hydrogen-bond acceptors (Lipinski definition) is 4. The highest BCUT2D eigenvalue weighted by molar-refractivity contribution is 5.96. The van der Waals surface area contributed by atoms with Crippen LogP contribution in [-0.2, 0) is 4.74 Å². The third-order valence-corrected chi connectivity index (χ3v) is 4.00. The molecule has 1 amide bonds. The number of hydrogen-bond donors (Lipinski definition) is 2. The molecule has 1 fully saturated rings. The number of furan rings is 1. The van der Waals surface area contributed by atoms with Crippen LogP contribution in [0.4, 0.5) is 0 Å². The molecule has 19 heavy (non-hydrogen) atoms. The lowest BCUT2D eigenvalue weighted by molar-refractivity contribution is -0.0251. The van der Waals surface area contributed by atoms with Gasteiger partial charge in [0.15, 0.2) is 0 Å². The Balaban J connectivity index is 2.06. The maximum Gasteiger partial charge on any atom is 0.255 e. The molecular formula is C14H21NO4. The monoisotopic (exact) mass is 267 g/mol. The lowest BCUT2D eigenvalue weighted by atomic mass is 9.96. The Morgan fingerprint density at radius 3 is 2.58 bits per heavy atom. The summed E-state index contributed by atoms with van der Waals surface area (Å²) in [5, 5.41) is 13.1. The minimum absolute atomic E-state index is 0.191. The second kappa shape index (κ2) is 4.98. The fourth-order valence-electron chi connectivity index (χ4n) is 2.45. The van der Waals surface area contributed by atoms with E-state index in [-0.39, 0.29) is 18.6 Å². The van der Waals surface area contributed by atoms with Gasteiger partial charge in [-0.15, -0.1) is 0 Å². The molecule has 2 rings (SSSR count). The second-order valence-electron chi connectivity index (χ2n) is 5.26. The van der Waals surface area contributed by atoms with E-state index in [1.165, 1.54) is 0 Å². The largest absolute Gasteiger partial charge is 0.466 e. The molecule has 0 radical (unpaired) electrons. The maximum atomic E-state index is 12.2. The molecule has 2 N–H and O–H groups in total. The van der Waals surface area contributed by atoms with Crippen LogP contribution in [0.5, 0.6) is 0 Å². The molecule has 0 spiro atoms. The van der Waals surface area contributed by atoms with E-state index < -0.39 is 5.60 Å². The first kappa shape index (κ1) is 14.1. The van der Waals surface area contributed by atoms with Crippen molar-refractivity contribution in [3.63, 3.8) is 0 Å². The van der Waals surface area contributed by atoms with Gasteiger partial charge in [-0.25, -0.2) is 0 Å². The van der Waals surface area contributed by atoms with Crippen LogP contribution in [0.25, 0.3) is 0 Å². The van der Waals surface area contributed by atoms with Crippen LogP contribution in [0, 0.1) is 20.8 Å². The van der Waals surface area contributed by atoms with Crippen molar-refractivity contribution in [1.82, 2.24) is 5.32 Å². The van der Waals surface area contributed by atoms with Gasteiger partial charge in [0.25, 0.3) is 5.91 Å². The number of amides is 1. The Labute approximate surface area is 112 Å². The maximum absolute atomic E-state index is 12.2. The van der Waals surface area contributed by atoms with Crippen molar-refractivity contribution in [2.45, 2.75) is 45.8 Å². The summed E-state index contributed by atoms with van der Waals surface area (Å²) in [7, 11) is 0. The van der Waals surface area contributed by atoms with E-state index in [9.17, 15) is 9.90 Å². The van der Waals surface area contributed by atoms with Crippen LogP contribution in [0.2, 0.25) is 0 Å². The highest BCUT2D eigenvalue weighted by Crippen LogP contribution is 2.25. The normalized spacial score (nSPS) is 26.7. The molecule has 1 aliphatic heterocycles. The molecule has 0 bridgehead atoms. The van der Waals surface area contributed by atoms with Crippen molar-refractivity contribution in [1.29, 1.82) is 0 Å². The fourth-order valence-corrected chi connectivity index (χ4v) is 2.45. The smallest absolute Gasteiger partial charge is 0.255 e. The van der Waals surface area contributed by atoms with Gasteiger partial charge in [-0.1, -0.05) is 0 Å². The Bertz CT molecular complexity index is 494. The minimum Gasteiger partial charge on any atom is -0.466 e. The van der Waals surface area contributed by atoms with Crippen molar-refractivity contribution in [3.05, 3.63) is 22.6 Å². The Kier molecular flexibility index (Phi) is 3.69. The molecule has 0 saturated carbocycles. The summed E-state index contributed by atoms with van der Waals surface area (Å²) in [6.07, 6.45) is 0.276. The Hall–Kier alpha value is -1.33. The summed E-state index contributed by atoms with van der Waals surface area (Å²) in [4.78, 5) is 12.2. The van der Waals surface area contributed by atoms with E-state index in [1.807, 2.05) is 20.8 Å². The van der Waals surface area contributed by atoms with Gasteiger partial charge in [-0.05, 0) is 27.7 Å². The highest BCUT2D eigenvalue weighted by Gasteiger charge is 2.39. The van der Waals surface area contributed by atoms with E-state index in [1.54, 1.807) is 6.92 Å². The van der Waals surface area contributed by atoms with Crippen molar-refractivity contribution < 1.29 is 19.1 Å². The second-order valence-corrected chi connectivity index (χ2v) is 5.26. The average Bonchev–Trinajstić information content (AvgIpc) is 2.79. The van der Waals surface area contributed by atoms with E-state index in [4.69, 9.17) is 9.15 Å². The van der Waals surface area contributed by atoms with Crippen molar-refractivity contribution in [3.8, 4) is 0 Å². The van der Waals surface area contributed by atoms with Gasteiger partial charge in [0.2, 0.25) is 0 Å². The molecule has 5 heteroatoms. The van der Waals surface area contributed by atoms with Gasteiger partial charge in [-0.2, -0.15) is 0 Å². The number of nitrogens with one attached hydrogen (secondary N) is 1. The number of rotatable bonds is 3. The summed E-state index contributed by atoms with van der Waals surface area (Å²) >= 11 is 0. The van der Waals surface area contributed by atoms with E-state index in [0.29, 0.717) is 24.4 Å². The van der Waals surface area contributed by atoms with E-state index in [0.717, 1.165) is 11.3 Å². The molecule has 1 saturated heterocycles. The zero-order valence-corrected chi connectivity index (χ0v) is 11.9. The highest BCUT2D eigenvalue weighted by atomic mass is 16.5.